The molecule has 0 aliphatic heterocycles. The van der Waals surface area contributed by atoms with Gasteiger partial charge in [0.1, 0.15) is 11.6 Å². The van der Waals surface area contributed by atoms with Crippen LogP contribution >= 0.6 is 0 Å². The predicted molar refractivity (Wildman–Crippen MR) is 87.2 cm³/mol. The summed E-state index contributed by atoms with van der Waals surface area (Å²) >= 11 is 0. The number of benzene rings is 2. The zero-order chi connectivity index (χ0) is 16.9. The Balaban J connectivity index is 1.76. The van der Waals surface area contributed by atoms with Crippen molar-refractivity contribution in [2.24, 2.45) is 0 Å². The second-order valence-corrected chi connectivity index (χ2v) is 5.10. The van der Waals surface area contributed by atoms with Crippen molar-refractivity contribution in [1.82, 2.24) is 4.98 Å². The van der Waals surface area contributed by atoms with Gasteiger partial charge in [-0.25, -0.2) is 9.37 Å². The summed E-state index contributed by atoms with van der Waals surface area (Å²) in [6, 6.07) is 11.4. The third-order valence-corrected chi connectivity index (χ3v) is 3.49. The van der Waals surface area contributed by atoms with Gasteiger partial charge in [0, 0.05) is 11.8 Å². The molecule has 3 rings (SSSR count). The molecule has 0 aliphatic rings. The molecular weight excluding hydrogens is 311 g/mol. The van der Waals surface area contributed by atoms with Gasteiger partial charge in [-0.15, -0.1) is 0 Å². The molecule has 3 aromatic rings. The lowest BCUT2D eigenvalue weighted by Gasteiger charge is -2.10. The number of methoxy groups -OCH3 is 1. The third kappa shape index (κ3) is 3.43. The minimum atomic E-state index is -0.397. The highest BCUT2D eigenvalue weighted by atomic mass is 19.1. The molecule has 122 valence electrons. The molecule has 0 atom stereocenters. The highest BCUT2D eigenvalue weighted by Crippen LogP contribution is 2.32. The van der Waals surface area contributed by atoms with Crippen LogP contribution in [-0.4, -0.2) is 18.0 Å². The number of rotatable bonds is 5. The Morgan fingerprint density at radius 3 is 2.83 bits per heavy atom. The SMILES string of the molecule is COc1cc(NC(=O)Cc2ccccc2F)ccc1-c1cnco1. The summed E-state index contributed by atoms with van der Waals surface area (Å²) in [5, 5.41) is 2.73. The number of oxazole rings is 1. The van der Waals surface area contributed by atoms with E-state index < -0.39 is 5.82 Å². The predicted octanol–water partition coefficient (Wildman–Crippen LogP) is 3.67. The van der Waals surface area contributed by atoms with Crippen LogP contribution in [0.3, 0.4) is 0 Å². The Kier molecular flexibility index (Phi) is 4.56. The van der Waals surface area contributed by atoms with Crippen molar-refractivity contribution < 1.29 is 18.3 Å². The van der Waals surface area contributed by atoms with Crippen LogP contribution in [0.5, 0.6) is 5.75 Å². The monoisotopic (exact) mass is 326 g/mol. The van der Waals surface area contributed by atoms with E-state index in [1.54, 1.807) is 42.6 Å². The molecule has 0 aliphatic carbocycles. The molecule has 0 spiro atoms. The van der Waals surface area contributed by atoms with E-state index in [9.17, 15) is 9.18 Å². The van der Waals surface area contributed by atoms with Gasteiger partial charge in [0.25, 0.3) is 0 Å². The molecule has 0 fully saturated rings. The number of amides is 1. The fourth-order valence-electron chi connectivity index (χ4n) is 2.34. The molecule has 2 aromatic carbocycles. The maximum Gasteiger partial charge on any atom is 0.228 e. The molecule has 0 radical (unpaired) electrons. The van der Waals surface area contributed by atoms with E-state index >= 15 is 0 Å². The highest BCUT2D eigenvalue weighted by molar-refractivity contribution is 5.93. The van der Waals surface area contributed by atoms with Crippen LogP contribution in [0.15, 0.2) is 59.5 Å². The fourth-order valence-corrected chi connectivity index (χ4v) is 2.34. The summed E-state index contributed by atoms with van der Waals surface area (Å²) in [7, 11) is 1.53. The van der Waals surface area contributed by atoms with Gasteiger partial charge in [-0.1, -0.05) is 18.2 Å². The number of anilines is 1. The Bertz CT molecular complexity index is 847. The highest BCUT2D eigenvalue weighted by Gasteiger charge is 2.12. The summed E-state index contributed by atoms with van der Waals surface area (Å²) in [6.45, 7) is 0. The van der Waals surface area contributed by atoms with E-state index in [2.05, 4.69) is 10.3 Å². The second-order valence-electron chi connectivity index (χ2n) is 5.10. The lowest BCUT2D eigenvalue weighted by Crippen LogP contribution is -2.15. The average Bonchev–Trinajstić information content (AvgIpc) is 3.11. The topological polar surface area (TPSA) is 64.4 Å². The Hall–Kier alpha value is -3.15. The van der Waals surface area contributed by atoms with E-state index in [4.69, 9.17) is 9.15 Å². The van der Waals surface area contributed by atoms with Crippen molar-refractivity contribution in [2.75, 3.05) is 12.4 Å². The lowest BCUT2D eigenvalue weighted by atomic mass is 10.1. The van der Waals surface area contributed by atoms with Crippen LogP contribution in [0.1, 0.15) is 5.56 Å². The van der Waals surface area contributed by atoms with Gasteiger partial charge in [0.2, 0.25) is 5.91 Å². The number of carbonyl (C=O) groups excluding carboxylic acids is 1. The normalized spacial score (nSPS) is 10.4. The first-order valence-electron chi connectivity index (χ1n) is 7.27. The van der Waals surface area contributed by atoms with Crippen molar-refractivity contribution in [1.29, 1.82) is 0 Å². The maximum atomic E-state index is 13.6. The quantitative estimate of drug-likeness (QED) is 0.777. The van der Waals surface area contributed by atoms with Gasteiger partial charge in [-0.2, -0.15) is 0 Å². The summed E-state index contributed by atoms with van der Waals surface area (Å²) < 4.78 is 24.2. The molecule has 0 unspecified atom stereocenters. The van der Waals surface area contributed by atoms with E-state index in [0.29, 0.717) is 22.8 Å². The first-order valence-corrected chi connectivity index (χ1v) is 7.27. The smallest absolute Gasteiger partial charge is 0.228 e. The Morgan fingerprint density at radius 2 is 2.12 bits per heavy atom. The van der Waals surface area contributed by atoms with Crippen molar-refractivity contribution in [3.8, 4) is 17.1 Å². The summed E-state index contributed by atoms with van der Waals surface area (Å²) in [5.41, 5.74) is 1.62. The number of hydrogen-bond donors (Lipinski definition) is 1. The number of ether oxygens (including phenoxy) is 1. The molecule has 0 saturated heterocycles. The number of hydrogen-bond acceptors (Lipinski definition) is 4. The second kappa shape index (κ2) is 6.95. The van der Waals surface area contributed by atoms with E-state index in [-0.39, 0.29) is 12.3 Å². The molecule has 5 nitrogen and oxygen atoms in total. The first-order chi connectivity index (χ1) is 11.7. The van der Waals surface area contributed by atoms with Crippen molar-refractivity contribution in [3.05, 3.63) is 66.4 Å². The Morgan fingerprint density at radius 1 is 1.29 bits per heavy atom. The molecule has 1 N–H and O–H groups in total. The number of aromatic nitrogens is 1. The van der Waals surface area contributed by atoms with Crippen LogP contribution in [0, 0.1) is 5.82 Å². The molecule has 1 heterocycles. The largest absolute Gasteiger partial charge is 0.496 e. The molecule has 1 aromatic heterocycles. The van der Waals surface area contributed by atoms with Crippen LogP contribution < -0.4 is 10.1 Å². The molecule has 6 heteroatoms. The van der Waals surface area contributed by atoms with Crippen LogP contribution in [0.4, 0.5) is 10.1 Å². The standard InChI is InChI=1S/C18H15FN2O3/c1-23-16-9-13(6-7-14(16)17-10-20-11-24-17)21-18(22)8-12-4-2-3-5-15(12)19/h2-7,9-11H,8H2,1H3,(H,21,22). The van der Waals surface area contributed by atoms with Crippen molar-refractivity contribution in [3.63, 3.8) is 0 Å². The van der Waals surface area contributed by atoms with Gasteiger partial charge in [0.05, 0.1) is 25.3 Å². The van der Waals surface area contributed by atoms with Gasteiger partial charge in [0.15, 0.2) is 12.2 Å². The number of nitrogens with one attached hydrogen (secondary N) is 1. The number of halogens is 1. The van der Waals surface area contributed by atoms with E-state index in [1.165, 1.54) is 19.6 Å². The lowest BCUT2D eigenvalue weighted by molar-refractivity contribution is -0.115. The molecule has 1 amide bonds. The summed E-state index contributed by atoms with van der Waals surface area (Å²) in [5.74, 6) is 0.395. The molecular formula is C18H15FN2O3. The minimum Gasteiger partial charge on any atom is -0.496 e. The molecule has 0 saturated carbocycles. The van der Waals surface area contributed by atoms with Crippen LogP contribution in [0.25, 0.3) is 11.3 Å². The zero-order valence-electron chi connectivity index (χ0n) is 13.0. The van der Waals surface area contributed by atoms with Gasteiger partial charge in [-0.3, -0.25) is 4.79 Å². The summed E-state index contributed by atoms with van der Waals surface area (Å²) in [4.78, 5) is 16.0. The van der Waals surface area contributed by atoms with E-state index in [1.807, 2.05) is 0 Å². The third-order valence-electron chi connectivity index (χ3n) is 3.49. The van der Waals surface area contributed by atoms with Crippen LogP contribution in [-0.2, 0) is 11.2 Å². The average molecular weight is 326 g/mol. The Labute approximate surface area is 138 Å². The number of nitrogens with zero attached hydrogens (tertiary/aromatic N) is 1. The maximum absolute atomic E-state index is 13.6. The van der Waals surface area contributed by atoms with Crippen molar-refractivity contribution in [2.45, 2.75) is 6.42 Å². The fraction of sp³-hybridized carbons (Fsp3) is 0.111. The zero-order valence-corrected chi connectivity index (χ0v) is 13.0. The van der Waals surface area contributed by atoms with Gasteiger partial charge >= 0.3 is 0 Å². The summed E-state index contributed by atoms with van der Waals surface area (Å²) in [6.07, 6.45) is 2.87. The van der Waals surface area contributed by atoms with Crippen LogP contribution in [0.2, 0.25) is 0 Å². The van der Waals surface area contributed by atoms with Gasteiger partial charge in [-0.05, 0) is 23.8 Å². The van der Waals surface area contributed by atoms with E-state index in [0.717, 1.165) is 5.56 Å². The molecule has 0 bridgehead atoms. The minimum absolute atomic E-state index is 0.0428. The van der Waals surface area contributed by atoms with Gasteiger partial charge < -0.3 is 14.5 Å². The molecule has 24 heavy (non-hydrogen) atoms. The number of carbonyl (C=O) groups is 1. The first kappa shape index (κ1) is 15.7. The van der Waals surface area contributed by atoms with Crippen molar-refractivity contribution >= 4 is 11.6 Å².